The number of halogens is 1. The maximum Gasteiger partial charge on any atom is 0.352 e. The summed E-state index contributed by atoms with van der Waals surface area (Å²) in [5, 5.41) is 3.84. The Hall–Kier alpha value is -3.19. The summed E-state index contributed by atoms with van der Waals surface area (Å²) < 4.78 is 37.4. The van der Waals surface area contributed by atoms with Crippen molar-refractivity contribution in [1.29, 1.82) is 0 Å². The van der Waals surface area contributed by atoms with Crippen LogP contribution in [0.2, 0.25) is 0 Å². The summed E-state index contributed by atoms with van der Waals surface area (Å²) in [6.45, 7) is 1.49. The van der Waals surface area contributed by atoms with Gasteiger partial charge in [0.2, 0.25) is 18.2 Å². The maximum absolute atomic E-state index is 15.5. The van der Waals surface area contributed by atoms with Crippen molar-refractivity contribution in [2.45, 2.75) is 32.0 Å². The second kappa shape index (κ2) is 9.34. The molecule has 0 N–H and O–H groups in total. The van der Waals surface area contributed by atoms with Crippen LogP contribution < -0.4 is 5.69 Å². The van der Waals surface area contributed by atoms with E-state index in [0.29, 0.717) is 0 Å². The molecule has 158 valence electrons. The van der Waals surface area contributed by atoms with Gasteiger partial charge in [0.1, 0.15) is 19.3 Å². The fourth-order valence-electron chi connectivity index (χ4n) is 2.40. The molecule has 0 amide bonds. The lowest BCUT2D eigenvalue weighted by molar-refractivity contribution is -0.286. The van der Waals surface area contributed by atoms with Crippen molar-refractivity contribution in [2.24, 2.45) is 0 Å². The molecule has 0 unspecified atom stereocenters. The third-order valence-corrected chi connectivity index (χ3v) is 3.87. The first kappa shape index (κ1) is 22.1. The van der Waals surface area contributed by atoms with Crippen LogP contribution in [0.1, 0.15) is 20.1 Å². The Labute approximate surface area is 164 Å². The molecule has 0 saturated heterocycles. The Kier molecular flexibility index (Phi) is 7.12. The number of ether oxygens (including phenoxy) is 4. The summed E-state index contributed by atoms with van der Waals surface area (Å²) in [4.78, 5) is 42.7. The fraction of sp³-hybridized carbons (Fsp3) is 0.500. The molecule has 12 nitrogen and oxygen atoms in total. The number of aromatic nitrogens is 5. The van der Waals surface area contributed by atoms with Crippen LogP contribution in [0, 0.1) is 0 Å². The number of methoxy groups -OCH3 is 2. The lowest BCUT2D eigenvalue weighted by Crippen LogP contribution is -2.53. The van der Waals surface area contributed by atoms with E-state index in [9.17, 15) is 14.4 Å². The van der Waals surface area contributed by atoms with Crippen LogP contribution in [-0.4, -0.2) is 69.0 Å². The SMILES string of the molecule is COC(COC(C)=O)(OC)[C@@H](F)[C@@H](OC(C)=O)n1ccc(-n2cncn2)nc1=O. The highest BCUT2D eigenvalue weighted by atomic mass is 19.1. The average Bonchev–Trinajstić information content (AvgIpc) is 3.22. The number of nitrogens with zero attached hydrogens (tertiary/aromatic N) is 5. The zero-order valence-electron chi connectivity index (χ0n) is 16.1. The van der Waals surface area contributed by atoms with Gasteiger partial charge in [0.05, 0.1) is 0 Å². The van der Waals surface area contributed by atoms with E-state index in [1.165, 1.54) is 23.4 Å². The summed E-state index contributed by atoms with van der Waals surface area (Å²) in [5.41, 5.74) is -0.944. The number of rotatable bonds is 9. The third-order valence-electron chi connectivity index (χ3n) is 3.87. The molecule has 0 aliphatic carbocycles. The topological polar surface area (TPSA) is 137 Å². The van der Waals surface area contributed by atoms with Crippen LogP contribution in [0.4, 0.5) is 4.39 Å². The van der Waals surface area contributed by atoms with E-state index in [4.69, 9.17) is 18.9 Å². The van der Waals surface area contributed by atoms with Gasteiger partial charge in [-0.2, -0.15) is 10.1 Å². The quantitative estimate of drug-likeness (QED) is 0.400. The van der Waals surface area contributed by atoms with Crippen molar-refractivity contribution < 1.29 is 32.9 Å². The van der Waals surface area contributed by atoms with Gasteiger partial charge in [-0.1, -0.05) is 0 Å². The monoisotopic (exact) mass is 413 g/mol. The Morgan fingerprint density at radius 2 is 1.93 bits per heavy atom. The molecule has 0 bridgehead atoms. The molecule has 0 spiro atoms. The minimum Gasteiger partial charge on any atom is -0.460 e. The van der Waals surface area contributed by atoms with E-state index in [-0.39, 0.29) is 5.82 Å². The minimum atomic E-state index is -2.28. The molecule has 0 aliphatic heterocycles. The number of carbonyl (C=O) groups excluding carboxylic acids is 2. The smallest absolute Gasteiger partial charge is 0.352 e. The predicted molar refractivity (Wildman–Crippen MR) is 92.5 cm³/mol. The first-order valence-electron chi connectivity index (χ1n) is 8.23. The van der Waals surface area contributed by atoms with E-state index >= 15 is 4.39 Å². The van der Waals surface area contributed by atoms with Crippen molar-refractivity contribution in [1.82, 2.24) is 24.3 Å². The van der Waals surface area contributed by atoms with Gasteiger partial charge in [-0.3, -0.25) is 14.2 Å². The van der Waals surface area contributed by atoms with E-state index in [1.807, 2.05) is 0 Å². The number of carbonyl (C=O) groups is 2. The number of hydrogen-bond donors (Lipinski definition) is 0. The van der Waals surface area contributed by atoms with Gasteiger partial charge >= 0.3 is 17.6 Å². The van der Waals surface area contributed by atoms with Crippen molar-refractivity contribution in [3.8, 4) is 5.82 Å². The van der Waals surface area contributed by atoms with Crippen LogP contribution in [0.25, 0.3) is 5.82 Å². The molecular formula is C16H20FN5O7. The molecule has 0 saturated carbocycles. The highest BCUT2D eigenvalue weighted by molar-refractivity contribution is 5.66. The Morgan fingerprint density at radius 3 is 2.41 bits per heavy atom. The van der Waals surface area contributed by atoms with Crippen molar-refractivity contribution in [3.63, 3.8) is 0 Å². The van der Waals surface area contributed by atoms with Gasteiger partial charge in [-0.25, -0.2) is 18.9 Å². The molecule has 29 heavy (non-hydrogen) atoms. The fourth-order valence-corrected chi connectivity index (χ4v) is 2.40. The van der Waals surface area contributed by atoms with Gasteiger partial charge in [-0.05, 0) is 6.07 Å². The number of alkyl halides is 1. The standard InChI is InChI=1S/C16H20FN5O7/c1-10(23)28-7-16(26-3,27-4)13(17)14(29-11(2)24)21-6-5-12(20-15(21)25)22-9-18-8-19-22/h5-6,8-9,13-14H,7H2,1-4H3/t13-,14+/m0/s1. The van der Waals surface area contributed by atoms with Gasteiger partial charge in [0.25, 0.3) is 0 Å². The summed E-state index contributed by atoms with van der Waals surface area (Å²) in [6, 6.07) is 1.34. The number of hydrogen-bond acceptors (Lipinski definition) is 10. The summed E-state index contributed by atoms with van der Waals surface area (Å²) in [7, 11) is 2.22. The summed E-state index contributed by atoms with van der Waals surface area (Å²) in [6.07, 6.45) is -0.389. The molecule has 0 aliphatic rings. The zero-order chi connectivity index (χ0) is 21.6. The summed E-state index contributed by atoms with van der Waals surface area (Å²) >= 11 is 0. The molecule has 13 heteroatoms. The second-order valence-electron chi connectivity index (χ2n) is 5.72. The van der Waals surface area contributed by atoms with Crippen LogP contribution in [-0.2, 0) is 28.5 Å². The minimum absolute atomic E-state index is 0.116. The highest BCUT2D eigenvalue weighted by Gasteiger charge is 2.49. The van der Waals surface area contributed by atoms with E-state index < -0.39 is 42.4 Å². The first-order valence-corrected chi connectivity index (χ1v) is 8.23. The van der Waals surface area contributed by atoms with Crippen molar-refractivity contribution in [2.75, 3.05) is 20.8 Å². The molecule has 2 heterocycles. The van der Waals surface area contributed by atoms with Gasteiger partial charge in [0, 0.05) is 34.3 Å². The largest absolute Gasteiger partial charge is 0.460 e. The van der Waals surface area contributed by atoms with Crippen LogP contribution in [0.5, 0.6) is 0 Å². The zero-order valence-corrected chi connectivity index (χ0v) is 16.1. The van der Waals surface area contributed by atoms with Crippen LogP contribution in [0.3, 0.4) is 0 Å². The molecule has 2 aromatic rings. The van der Waals surface area contributed by atoms with Crippen LogP contribution in [0.15, 0.2) is 29.7 Å². The molecular weight excluding hydrogens is 393 g/mol. The molecule has 2 aromatic heterocycles. The van der Waals surface area contributed by atoms with Gasteiger partial charge in [-0.15, -0.1) is 0 Å². The maximum atomic E-state index is 15.5. The summed E-state index contributed by atoms with van der Waals surface area (Å²) in [5.74, 6) is -3.63. The van der Waals surface area contributed by atoms with E-state index in [2.05, 4.69) is 15.1 Å². The Balaban J connectivity index is 2.45. The first-order chi connectivity index (χ1) is 13.7. The normalized spacial score (nSPS) is 13.6. The lowest BCUT2D eigenvalue weighted by Gasteiger charge is -2.36. The third kappa shape index (κ3) is 5.00. The van der Waals surface area contributed by atoms with Crippen molar-refractivity contribution in [3.05, 3.63) is 35.4 Å². The van der Waals surface area contributed by atoms with Gasteiger partial charge in [0.15, 0.2) is 5.82 Å². The highest BCUT2D eigenvalue weighted by Crippen LogP contribution is 2.30. The lowest BCUT2D eigenvalue weighted by atomic mass is 10.1. The molecule has 0 aromatic carbocycles. The van der Waals surface area contributed by atoms with Crippen LogP contribution >= 0.6 is 0 Å². The van der Waals surface area contributed by atoms with E-state index in [0.717, 1.165) is 38.8 Å². The molecule has 0 radical (unpaired) electrons. The Morgan fingerprint density at radius 1 is 1.24 bits per heavy atom. The van der Waals surface area contributed by atoms with Crippen molar-refractivity contribution >= 4 is 11.9 Å². The van der Waals surface area contributed by atoms with E-state index in [1.54, 1.807) is 0 Å². The molecule has 2 rings (SSSR count). The Bertz CT molecular complexity index is 897. The number of esters is 2. The van der Waals surface area contributed by atoms with Gasteiger partial charge < -0.3 is 18.9 Å². The second-order valence-corrected chi connectivity index (χ2v) is 5.72. The average molecular weight is 413 g/mol. The molecule has 2 atom stereocenters. The molecule has 0 fully saturated rings. The predicted octanol–water partition coefficient (Wildman–Crippen LogP) is -0.224.